The van der Waals surface area contributed by atoms with E-state index in [-0.39, 0.29) is 0 Å². The van der Waals surface area contributed by atoms with Gasteiger partial charge in [-0.05, 0) is 61.8 Å². The molecule has 6 atom stereocenters. The van der Waals surface area contributed by atoms with Gasteiger partial charge in [-0.1, -0.05) is 34.1 Å². The third-order valence-corrected chi connectivity index (χ3v) is 5.41. The summed E-state index contributed by atoms with van der Waals surface area (Å²) in [4.78, 5) is 0. The highest BCUT2D eigenvalue weighted by atomic mass is 14.9. The monoisotopic (exact) mass is 237 g/mol. The second-order valence-corrected chi connectivity index (χ2v) is 6.88. The summed E-state index contributed by atoms with van der Waals surface area (Å²) in [6.45, 7) is 10.8. The van der Waals surface area contributed by atoms with Gasteiger partial charge in [0.2, 0.25) is 0 Å². The van der Waals surface area contributed by atoms with E-state index in [1.54, 1.807) is 0 Å². The van der Waals surface area contributed by atoms with Crippen molar-refractivity contribution in [3.63, 3.8) is 0 Å². The average molecular weight is 237 g/mol. The minimum atomic E-state index is 0.833. The fourth-order valence-corrected chi connectivity index (χ4v) is 3.75. The van der Waals surface area contributed by atoms with Crippen LogP contribution in [0.1, 0.15) is 59.8 Å². The quantitative estimate of drug-likeness (QED) is 0.759. The molecule has 100 valence electrons. The van der Waals surface area contributed by atoms with Crippen LogP contribution in [0.25, 0.3) is 0 Å². The van der Waals surface area contributed by atoms with E-state index in [2.05, 4.69) is 33.0 Å². The van der Waals surface area contributed by atoms with E-state index < -0.39 is 0 Å². The van der Waals surface area contributed by atoms with Crippen LogP contribution in [0, 0.1) is 29.6 Å². The van der Waals surface area contributed by atoms with Crippen molar-refractivity contribution < 1.29 is 0 Å². The zero-order chi connectivity index (χ0) is 12.4. The molecule has 0 radical (unpaired) electrons. The Balaban J connectivity index is 1.91. The summed E-state index contributed by atoms with van der Waals surface area (Å²) < 4.78 is 0. The summed E-state index contributed by atoms with van der Waals surface area (Å²) in [6.07, 6.45) is 7.14. The van der Waals surface area contributed by atoms with Crippen LogP contribution in [0.15, 0.2) is 0 Å². The van der Waals surface area contributed by atoms with Gasteiger partial charge in [-0.15, -0.1) is 0 Å². The van der Waals surface area contributed by atoms with E-state index in [4.69, 9.17) is 0 Å². The standard InChI is InChI=1S/C16H31N/c1-5-8-17-16(15-10-13(15)4)14-7-6-11(2)12(3)9-14/h11-17H,5-10H2,1-4H3. The topological polar surface area (TPSA) is 12.0 Å². The van der Waals surface area contributed by atoms with Gasteiger partial charge in [0, 0.05) is 6.04 Å². The molecule has 0 aromatic rings. The number of rotatable bonds is 5. The summed E-state index contributed by atoms with van der Waals surface area (Å²) in [5, 5.41) is 3.87. The van der Waals surface area contributed by atoms with Gasteiger partial charge in [0.15, 0.2) is 0 Å². The van der Waals surface area contributed by atoms with Crippen LogP contribution in [0.4, 0.5) is 0 Å². The van der Waals surface area contributed by atoms with E-state index in [9.17, 15) is 0 Å². The van der Waals surface area contributed by atoms with Gasteiger partial charge in [-0.3, -0.25) is 0 Å². The van der Waals surface area contributed by atoms with Crippen molar-refractivity contribution in [1.82, 2.24) is 5.32 Å². The molecule has 17 heavy (non-hydrogen) atoms. The lowest BCUT2D eigenvalue weighted by atomic mass is 9.72. The molecule has 2 rings (SSSR count). The van der Waals surface area contributed by atoms with E-state index in [1.807, 2.05) is 0 Å². The SMILES string of the molecule is CCCNC(C1CCC(C)C(C)C1)C1CC1C. The largest absolute Gasteiger partial charge is 0.313 e. The second kappa shape index (κ2) is 5.73. The zero-order valence-corrected chi connectivity index (χ0v) is 12.2. The van der Waals surface area contributed by atoms with E-state index in [1.165, 1.54) is 38.6 Å². The summed E-state index contributed by atoms with van der Waals surface area (Å²) >= 11 is 0. The molecule has 0 heterocycles. The highest BCUT2D eigenvalue weighted by molar-refractivity contribution is 4.97. The Morgan fingerprint density at radius 3 is 2.24 bits per heavy atom. The van der Waals surface area contributed by atoms with Gasteiger partial charge in [0.1, 0.15) is 0 Å². The molecule has 1 nitrogen and oxygen atoms in total. The molecule has 2 aliphatic rings. The smallest absolute Gasteiger partial charge is 0.0126 e. The van der Waals surface area contributed by atoms with E-state index in [0.29, 0.717) is 0 Å². The Labute approximate surface area is 108 Å². The Morgan fingerprint density at radius 2 is 1.71 bits per heavy atom. The zero-order valence-electron chi connectivity index (χ0n) is 12.2. The maximum atomic E-state index is 3.87. The first-order valence-electron chi connectivity index (χ1n) is 7.86. The molecule has 0 bridgehead atoms. The molecular formula is C16H31N. The molecule has 1 heteroatoms. The number of hydrogen-bond donors (Lipinski definition) is 1. The third kappa shape index (κ3) is 3.24. The van der Waals surface area contributed by atoms with E-state index >= 15 is 0 Å². The fraction of sp³-hybridized carbons (Fsp3) is 1.00. The lowest BCUT2D eigenvalue weighted by Gasteiger charge is -2.37. The fourth-order valence-electron chi connectivity index (χ4n) is 3.75. The average Bonchev–Trinajstić information content (AvgIpc) is 3.01. The molecule has 0 aromatic heterocycles. The number of nitrogens with one attached hydrogen (secondary N) is 1. The molecule has 2 aliphatic carbocycles. The normalized spacial score (nSPS) is 43.4. The maximum Gasteiger partial charge on any atom is 0.0126 e. The Hall–Kier alpha value is -0.0400. The summed E-state index contributed by atoms with van der Waals surface area (Å²) in [5.74, 6) is 4.83. The van der Waals surface area contributed by atoms with Crippen LogP contribution in [0.5, 0.6) is 0 Å². The van der Waals surface area contributed by atoms with Crippen molar-refractivity contribution in [2.45, 2.75) is 65.8 Å². The van der Waals surface area contributed by atoms with Gasteiger partial charge in [0.05, 0.1) is 0 Å². The molecule has 0 aromatic carbocycles. The van der Waals surface area contributed by atoms with Gasteiger partial charge < -0.3 is 5.32 Å². The van der Waals surface area contributed by atoms with Gasteiger partial charge >= 0.3 is 0 Å². The third-order valence-electron chi connectivity index (χ3n) is 5.41. The van der Waals surface area contributed by atoms with Gasteiger partial charge in [0.25, 0.3) is 0 Å². The molecule has 0 saturated heterocycles. The number of hydrogen-bond acceptors (Lipinski definition) is 1. The molecular weight excluding hydrogens is 206 g/mol. The predicted octanol–water partition coefficient (Wildman–Crippen LogP) is 4.08. The van der Waals surface area contributed by atoms with Crippen molar-refractivity contribution in [3.05, 3.63) is 0 Å². The summed E-state index contributed by atoms with van der Waals surface area (Å²) in [7, 11) is 0. The van der Waals surface area contributed by atoms with Crippen molar-refractivity contribution in [2.75, 3.05) is 6.54 Å². The summed E-state index contributed by atoms with van der Waals surface area (Å²) in [5.41, 5.74) is 0. The Morgan fingerprint density at radius 1 is 1.00 bits per heavy atom. The van der Waals surface area contributed by atoms with Crippen LogP contribution >= 0.6 is 0 Å². The lowest BCUT2D eigenvalue weighted by Crippen LogP contribution is -2.42. The van der Waals surface area contributed by atoms with E-state index in [0.717, 1.165) is 35.6 Å². The van der Waals surface area contributed by atoms with Crippen LogP contribution in [0.2, 0.25) is 0 Å². The van der Waals surface area contributed by atoms with Crippen LogP contribution in [-0.4, -0.2) is 12.6 Å². The first-order chi connectivity index (χ1) is 8.13. The predicted molar refractivity (Wildman–Crippen MR) is 75.0 cm³/mol. The molecule has 0 aliphatic heterocycles. The minimum absolute atomic E-state index is 0.833. The lowest BCUT2D eigenvalue weighted by molar-refractivity contribution is 0.158. The van der Waals surface area contributed by atoms with Gasteiger partial charge in [-0.25, -0.2) is 0 Å². The Bertz CT molecular complexity index is 238. The van der Waals surface area contributed by atoms with Crippen molar-refractivity contribution in [3.8, 4) is 0 Å². The first-order valence-corrected chi connectivity index (χ1v) is 7.86. The van der Waals surface area contributed by atoms with Gasteiger partial charge in [-0.2, -0.15) is 0 Å². The first kappa shape index (κ1) is 13.4. The molecule has 0 spiro atoms. The minimum Gasteiger partial charge on any atom is -0.313 e. The van der Waals surface area contributed by atoms with Crippen LogP contribution in [0.3, 0.4) is 0 Å². The highest BCUT2D eigenvalue weighted by Crippen LogP contribution is 2.46. The van der Waals surface area contributed by atoms with Crippen molar-refractivity contribution in [1.29, 1.82) is 0 Å². The Kier molecular flexibility index (Phi) is 4.52. The molecule has 6 unspecified atom stereocenters. The molecule has 2 fully saturated rings. The molecule has 0 amide bonds. The second-order valence-electron chi connectivity index (χ2n) is 6.88. The maximum absolute atomic E-state index is 3.87. The van der Waals surface area contributed by atoms with Crippen LogP contribution < -0.4 is 5.32 Å². The summed E-state index contributed by atoms with van der Waals surface area (Å²) in [6, 6.07) is 0.833. The van der Waals surface area contributed by atoms with Crippen molar-refractivity contribution >= 4 is 0 Å². The van der Waals surface area contributed by atoms with Crippen molar-refractivity contribution in [2.24, 2.45) is 29.6 Å². The molecule has 1 N–H and O–H groups in total. The highest BCUT2D eigenvalue weighted by Gasteiger charge is 2.43. The molecule has 2 saturated carbocycles. The van der Waals surface area contributed by atoms with Crippen LogP contribution in [-0.2, 0) is 0 Å².